The first-order chi connectivity index (χ1) is 8.58. The summed E-state index contributed by atoms with van der Waals surface area (Å²) in [7, 11) is 0. The number of aromatic nitrogens is 1. The largest absolute Gasteiger partial charge is 0.314 e. The molecule has 1 aromatic heterocycles. The van der Waals surface area contributed by atoms with Crippen molar-refractivity contribution < 1.29 is 0 Å². The minimum Gasteiger partial charge on any atom is -0.314 e. The summed E-state index contributed by atoms with van der Waals surface area (Å²) in [5.74, 6) is 0. The van der Waals surface area contributed by atoms with E-state index in [9.17, 15) is 4.79 Å². The van der Waals surface area contributed by atoms with Crippen LogP contribution in [0.15, 0.2) is 23.1 Å². The zero-order valence-corrected chi connectivity index (χ0v) is 11.7. The Morgan fingerprint density at radius 3 is 2.83 bits per heavy atom. The number of likely N-dealkylation sites (tertiary alicyclic amines) is 1. The molecule has 18 heavy (non-hydrogen) atoms. The maximum Gasteiger partial charge on any atom is 0.250 e. The average molecular weight is 248 g/mol. The van der Waals surface area contributed by atoms with Gasteiger partial charge in [0.05, 0.1) is 0 Å². The van der Waals surface area contributed by atoms with Gasteiger partial charge in [0, 0.05) is 30.9 Å². The second-order valence-corrected chi connectivity index (χ2v) is 5.68. The lowest BCUT2D eigenvalue weighted by molar-refractivity contribution is 0.0984. The van der Waals surface area contributed by atoms with Crippen molar-refractivity contribution in [1.29, 1.82) is 0 Å². The Morgan fingerprint density at radius 1 is 1.39 bits per heavy atom. The van der Waals surface area contributed by atoms with Gasteiger partial charge in [-0.3, -0.25) is 9.69 Å². The summed E-state index contributed by atoms with van der Waals surface area (Å²) >= 11 is 0. The Hall–Kier alpha value is -1.09. The van der Waals surface area contributed by atoms with Crippen LogP contribution < -0.4 is 5.56 Å². The molecule has 2 heterocycles. The predicted molar refractivity (Wildman–Crippen MR) is 74.9 cm³/mol. The summed E-state index contributed by atoms with van der Waals surface area (Å²) in [6.45, 7) is 8.46. The van der Waals surface area contributed by atoms with E-state index in [0.717, 1.165) is 12.1 Å². The van der Waals surface area contributed by atoms with Crippen molar-refractivity contribution in [2.24, 2.45) is 0 Å². The highest BCUT2D eigenvalue weighted by Crippen LogP contribution is 2.20. The second-order valence-electron chi connectivity index (χ2n) is 5.68. The first-order valence-electron chi connectivity index (χ1n) is 7.01. The molecule has 2 rings (SSSR count). The Kier molecular flexibility index (Phi) is 4.23. The number of pyridine rings is 1. The lowest BCUT2D eigenvalue weighted by Crippen LogP contribution is -2.47. The molecule has 3 nitrogen and oxygen atoms in total. The molecule has 0 bridgehead atoms. The van der Waals surface area contributed by atoms with Crippen LogP contribution in [0.5, 0.6) is 0 Å². The highest BCUT2D eigenvalue weighted by atomic mass is 16.1. The maximum absolute atomic E-state index is 11.9. The van der Waals surface area contributed by atoms with E-state index in [1.165, 1.54) is 25.8 Å². The van der Waals surface area contributed by atoms with Gasteiger partial charge in [0.1, 0.15) is 0 Å². The Labute approximate surface area is 109 Å². The van der Waals surface area contributed by atoms with Gasteiger partial charge in [-0.2, -0.15) is 0 Å². The highest BCUT2D eigenvalue weighted by Gasteiger charge is 2.24. The van der Waals surface area contributed by atoms with Crippen molar-refractivity contribution in [2.45, 2.75) is 58.7 Å². The van der Waals surface area contributed by atoms with E-state index in [-0.39, 0.29) is 5.56 Å². The summed E-state index contributed by atoms with van der Waals surface area (Å²) in [5.41, 5.74) is 1.17. The Morgan fingerprint density at radius 2 is 2.17 bits per heavy atom. The number of rotatable bonds is 3. The van der Waals surface area contributed by atoms with Crippen molar-refractivity contribution in [3.63, 3.8) is 0 Å². The van der Waals surface area contributed by atoms with E-state index >= 15 is 0 Å². The van der Waals surface area contributed by atoms with Gasteiger partial charge in [-0.15, -0.1) is 0 Å². The van der Waals surface area contributed by atoms with Crippen LogP contribution in [0.2, 0.25) is 0 Å². The normalized spacial score (nSPS) is 21.4. The zero-order valence-electron chi connectivity index (χ0n) is 11.7. The molecule has 0 aliphatic carbocycles. The second kappa shape index (κ2) is 5.70. The van der Waals surface area contributed by atoms with Crippen LogP contribution in [0.3, 0.4) is 0 Å². The summed E-state index contributed by atoms with van der Waals surface area (Å²) in [6.07, 6.45) is 5.72. The summed E-state index contributed by atoms with van der Waals surface area (Å²) < 4.78 is 1.86. The first kappa shape index (κ1) is 13.3. The molecular weight excluding hydrogens is 224 g/mol. The van der Waals surface area contributed by atoms with Crippen LogP contribution in [0.4, 0.5) is 0 Å². The molecule has 0 radical (unpaired) electrons. The number of nitrogens with zero attached hydrogens (tertiary/aromatic N) is 2. The third kappa shape index (κ3) is 3.02. The lowest BCUT2D eigenvalue weighted by Gasteiger charge is -2.38. The number of aryl methyl sites for hydroxylation is 1. The van der Waals surface area contributed by atoms with Gasteiger partial charge in [0.25, 0.3) is 5.56 Å². The zero-order chi connectivity index (χ0) is 13.1. The molecule has 0 spiro atoms. The van der Waals surface area contributed by atoms with Crippen LogP contribution in [0, 0.1) is 6.92 Å². The van der Waals surface area contributed by atoms with Crippen molar-refractivity contribution >= 4 is 0 Å². The molecule has 3 heteroatoms. The van der Waals surface area contributed by atoms with Gasteiger partial charge < -0.3 is 4.57 Å². The summed E-state index contributed by atoms with van der Waals surface area (Å²) in [4.78, 5) is 14.5. The third-order valence-corrected chi connectivity index (χ3v) is 3.90. The molecule has 0 aromatic carbocycles. The number of hydrogen-bond acceptors (Lipinski definition) is 2. The quantitative estimate of drug-likeness (QED) is 0.821. The van der Waals surface area contributed by atoms with Crippen LogP contribution in [0.1, 0.15) is 38.7 Å². The van der Waals surface area contributed by atoms with Gasteiger partial charge in [-0.1, -0.05) is 6.42 Å². The highest BCUT2D eigenvalue weighted by molar-refractivity contribution is 5.08. The van der Waals surface area contributed by atoms with Crippen molar-refractivity contribution in [3.05, 3.63) is 34.2 Å². The predicted octanol–water partition coefficient (Wildman–Crippen LogP) is 2.42. The van der Waals surface area contributed by atoms with E-state index < -0.39 is 0 Å². The van der Waals surface area contributed by atoms with Gasteiger partial charge in [0.15, 0.2) is 0 Å². The molecule has 1 aliphatic rings. The molecule has 1 fully saturated rings. The minimum atomic E-state index is 0.129. The average Bonchev–Trinajstić information content (AvgIpc) is 2.33. The smallest absolute Gasteiger partial charge is 0.250 e. The molecule has 0 saturated carbocycles. The third-order valence-electron chi connectivity index (χ3n) is 3.90. The van der Waals surface area contributed by atoms with Crippen LogP contribution in [-0.4, -0.2) is 28.1 Å². The molecule has 1 aromatic rings. The molecular formula is C15H24N2O. The van der Waals surface area contributed by atoms with E-state index in [1.54, 1.807) is 6.07 Å². The van der Waals surface area contributed by atoms with Gasteiger partial charge in [-0.25, -0.2) is 0 Å². The topological polar surface area (TPSA) is 25.2 Å². The molecule has 100 valence electrons. The number of hydrogen-bond donors (Lipinski definition) is 0. The molecule has 1 aliphatic heterocycles. The fourth-order valence-corrected chi connectivity index (χ4v) is 2.88. The summed E-state index contributed by atoms with van der Waals surface area (Å²) in [6, 6.07) is 4.82. The Balaban J connectivity index is 2.13. The molecule has 1 atom stereocenters. The molecule has 0 amide bonds. The van der Waals surface area contributed by atoms with E-state index in [1.807, 2.05) is 23.8 Å². The molecule has 0 N–H and O–H groups in total. The first-order valence-corrected chi connectivity index (χ1v) is 7.01. The van der Waals surface area contributed by atoms with E-state index in [0.29, 0.717) is 12.1 Å². The van der Waals surface area contributed by atoms with E-state index in [2.05, 4.69) is 18.7 Å². The molecule has 1 saturated heterocycles. The summed E-state index contributed by atoms with van der Waals surface area (Å²) in [5, 5.41) is 0. The molecule has 0 unspecified atom stereocenters. The van der Waals surface area contributed by atoms with Crippen molar-refractivity contribution in [1.82, 2.24) is 9.47 Å². The van der Waals surface area contributed by atoms with Crippen LogP contribution >= 0.6 is 0 Å². The monoisotopic (exact) mass is 248 g/mol. The standard InChI is InChI=1S/C15H24N2O/c1-12(2)17-8-5-4-6-14(17)11-16-9-7-13(3)10-15(16)18/h7,9-10,12,14H,4-6,8,11H2,1-3H3/t14-/m0/s1. The fraction of sp³-hybridized carbons (Fsp3) is 0.667. The van der Waals surface area contributed by atoms with Crippen molar-refractivity contribution in [2.75, 3.05) is 6.54 Å². The lowest BCUT2D eigenvalue weighted by atomic mass is 10.00. The van der Waals surface area contributed by atoms with Crippen LogP contribution in [-0.2, 0) is 6.54 Å². The van der Waals surface area contributed by atoms with Gasteiger partial charge >= 0.3 is 0 Å². The maximum atomic E-state index is 11.9. The van der Waals surface area contributed by atoms with Gasteiger partial charge in [-0.05, 0) is 51.8 Å². The van der Waals surface area contributed by atoms with Gasteiger partial charge in [0.2, 0.25) is 0 Å². The van der Waals surface area contributed by atoms with Crippen LogP contribution in [0.25, 0.3) is 0 Å². The van der Waals surface area contributed by atoms with E-state index in [4.69, 9.17) is 0 Å². The fourth-order valence-electron chi connectivity index (χ4n) is 2.88. The van der Waals surface area contributed by atoms with Crippen molar-refractivity contribution in [3.8, 4) is 0 Å². The Bertz CT molecular complexity index is 450. The number of piperidine rings is 1. The SMILES string of the molecule is Cc1ccn(C[C@@H]2CCCCN2C(C)C)c(=O)c1. The minimum absolute atomic E-state index is 0.129.